The van der Waals surface area contributed by atoms with Crippen LogP contribution in [-0.2, 0) is 11.2 Å². The van der Waals surface area contributed by atoms with Crippen molar-refractivity contribution in [1.29, 1.82) is 0 Å². The van der Waals surface area contributed by atoms with E-state index in [0.717, 1.165) is 32.4 Å². The van der Waals surface area contributed by atoms with Crippen molar-refractivity contribution in [2.24, 2.45) is 5.41 Å². The van der Waals surface area contributed by atoms with Gasteiger partial charge >= 0.3 is 0 Å². The van der Waals surface area contributed by atoms with E-state index < -0.39 is 0 Å². The molecule has 1 atom stereocenters. The first-order valence-corrected chi connectivity index (χ1v) is 9.87. The molecule has 6 nitrogen and oxygen atoms in total. The summed E-state index contributed by atoms with van der Waals surface area (Å²) in [6.07, 6.45) is 6.71. The van der Waals surface area contributed by atoms with Gasteiger partial charge in [0.1, 0.15) is 0 Å². The van der Waals surface area contributed by atoms with E-state index in [2.05, 4.69) is 45.2 Å². The standard InChI is InChI=1S/C22H24N4O2/c1-28-19-8-11-23-21(24-19)26-13-10-22(15-26)9-12-25(20(22)27)14-17-7-6-16-4-2-3-5-18(16)17/h2-5,7-8,11H,6,9-10,12-15H2,1H3. The van der Waals surface area contributed by atoms with Crippen LogP contribution in [0.3, 0.4) is 0 Å². The average Bonchev–Trinajstić information content (AvgIpc) is 3.43. The molecule has 6 heteroatoms. The predicted molar refractivity (Wildman–Crippen MR) is 107 cm³/mol. The van der Waals surface area contributed by atoms with Crippen LogP contribution >= 0.6 is 0 Å². The van der Waals surface area contributed by atoms with E-state index >= 15 is 0 Å². The Bertz CT molecular complexity index is 957. The number of hydrogen-bond acceptors (Lipinski definition) is 5. The largest absolute Gasteiger partial charge is 0.481 e. The Morgan fingerprint density at radius 2 is 2.04 bits per heavy atom. The molecule has 3 heterocycles. The van der Waals surface area contributed by atoms with E-state index in [-0.39, 0.29) is 11.3 Å². The molecule has 1 amide bonds. The number of anilines is 1. The zero-order chi connectivity index (χ0) is 19.1. The summed E-state index contributed by atoms with van der Waals surface area (Å²) in [6.45, 7) is 3.03. The van der Waals surface area contributed by atoms with Gasteiger partial charge in [-0.15, -0.1) is 0 Å². The van der Waals surface area contributed by atoms with Crippen LogP contribution in [0.2, 0.25) is 0 Å². The molecule has 2 fully saturated rings. The molecule has 1 aliphatic carbocycles. The maximum absolute atomic E-state index is 13.3. The van der Waals surface area contributed by atoms with Crippen molar-refractivity contribution in [2.45, 2.75) is 19.3 Å². The summed E-state index contributed by atoms with van der Waals surface area (Å²) >= 11 is 0. The molecule has 1 aromatic heterocycles. The fourth-order valence-corrected chi connectivity index (χ4v) is 4.77. The first-order valence-electron chi connectivity index (χ1n) is 9.87. The number of aromatic nitrogens is 2. The van der Waals surface area contributed by atoms with Crippen molar-refractivity contribution in [3.8, 4) is 5.88 Å². The van der Waals surface area contributed by atoms with Gasteiger partial charge in [0.25, 0.3) is 0 Å². The Kier molecular flexibility index (Phi) is 4.07. The number of hydrogen-bond donors (Lipinski definition) is 0. The molecule has 0 bridgehead atoms. The quantitative estimate of drug-likeness (QED) is 0.821. The summed E-state index contributed by atoms with van der Waals surface area (Å²) in [7, 11) is 1.60. The van der Waals surface area contributed by atoms with Crippen molar-refractivity contribution >= 4 is 17.4 Å². The summed E-state index contributed by atoms with van der Waals surface area (Å²) in [5, 5.41) is 0. The van der Waals surface area contributed by atoms with Gasteiger partial charge < -0.3 is 14.5 Å². The van der Waals surface area contributed by atoms with Gasteiger partial charge in [-0.25, -0.2) is 4.98 Å². The molecule has 2 aliphatic heterocycles. The minimum atomic E-state index is -0.300. The molecule has 0 saturated carbocycles. The van der Waals surface area contributed by atoms with Crippen LogP contribution in [0.25, 0.3) is 5.57 Å². The second-order valence-corrected chi connectivity index (χ2v) is 7.92. The number of nitrogens with zero attached hydrogens (tertiary/aromatic N) is 4. The maximum Gasteiger partial charge on any atom is 0.231 e. The Balaban J connectivity index is 1.30. The Hall–Kier alpha value is -2.89. The fourth-order valence-electron chi connectivity index (χ4n) is 4.77. The molecule has 28 heavy (non-hydrogen) atoms. The smallest absolute Gasteiger partial charge is 0.231 e. The van der Waals surface area contributed by atoms with Crippen molar-refractivity contribution in [1.82, 2.24) is 14.9 Å². The van der Waals surface area contributed by atoms with Gasteiger partial charge in [-0.05, 0) is 36.0 Å². The normalized spacial score (nSPS) is 23.5. The highest BCUT2D eigenvalue weighted by atomic mass is 16.5. The molecule has 0 radical (unpaired) electrons. The van der Waals surface area contributed by atoms with Gasteiger partial charge in [-0.2, -0.15) is 4.98 Å². The molecule has 1 unspecified atom stereocenters. The zero-order valence-electron chi connectivity index (χ0n) is 16.1. The lowest BCUT2D eigenvalue weighted by Crippen LogP contribution is -2.37. The summed E-state index contributed by atoms with van der Waals surface area (Å²) in [6, 6.07) is 10.2. The topological polar surface area (TPSA) is 58.6 Å². The van der Waals surface area contributed by atoms with Crippen LogP contribution in [0.15, 0.2) is 42.6 Å². The molecule has 0 N–H and O–H groups in total. The number of benzene rings is 1. The lowest BCUT2D eigenvalue weighted by molar-refractivity contribution is -0.134. The minimum Gasteiger partial charge on any atom is -0.481 e. The first-order chi connectivity index (χ1) is 13.7. The van der Waals surface area contributed by atoms with E-state index in [1.807, 2.05) is 4.90 Å². The molecule has 2 saturated heterocycles. The number of methoxy groups -OCH3 is 1. The maximum atomic E-state index is 13.3. The number of ether oxygens (including phenoxy) is 1. The van der Waals surface area contributed by atoms with Crippen molar-refractivity contribution < 1.29 is 9.53 Å². The Morgan fingerprint density at radius 1 is 1.18 bits per heavy atom. The number of likely N-dealkylation sites (tertiary alicyclic amines) is 1. The minimum absolute atomic E-state index is 0.281. The first kappa shape index (κ1) is 17.2. The highest BCUT2D eigenvalue weighted by molar-refractivity contribution is 5.88. The fraction of sp³-hybridized carbons (Fsp3) is 0.409. The van der Waals surface area contributed by atoms with Crippen molar-refractivity contribution in [3.05, 3.63) is 53.7 Å². The number of amides is 1. The Morgan fingerprint density at radius 3 is 2.93 bits per heavy atom. The monoisotopic (exact) mass is 376 g/mol. The molecule has 1 aromatic carbocycles. The molecule has 1 spiro atoms. The molecule has 5 rings (SSSR count). The molecular formula is C22H24N4O2. The third kappa shape index (κ3) is 2.75. The van der Waals surface area contributed by atoms with Crippen LogP contribution in [0.4, 0.5) is 5.95 Å². The molecule has 144 valence electrons. The SMILES string of the molecule is COc1ccnc(N2CCC3(CCN(CC4=CCc5ccccc54)C3=O)C2)n1. The number of carbonyl (C=O) groups excluding carboxylic acids is 1. The van der Waals surface area contributed by atoms with Gasteiger partial charge in [-0.1, -0.05) is 30.3 Å². The molecule has 3 aliphatic rings. The van der Waals surface area contributed by atoms with E-state index in [9.17, 15) is 4.79 Å². The summed E-state index contributed by atoms with van der Waals surface area (Å²) < 4.78 is 5.21. The zero-order valence-corrected chi connectivity index (χ0v) is 16.1. The van der Waals surface area contributed by atoms with E-state index in [4.69, 9.17) is 4.74 Å². The Labute approximate surface area is 164 Å². The van der Waals surface area contributed by atoms with E-state index in [1.165, 1.54) is 16.7 Å². The van der Waals surface area contributed by atoms with Crippen LogP contribution in [0.5, 0.6) is 5.88 Å². The number of fused-ring (bicyclic) bond motifs is 1. The molecular weight excluding hydrogens is 352 g/mol. The molecule has 2 aromatic rings. The van der Waals surface area contributed by atoms with Crippen LogP contribution in [0, 0.1) is 5.41 Å². The lowest BCUT2D eigenvalue weighted by atomic mass is 9.85. The van der Waals surface area contributed by atoms with E-state index in [1.54, 1.807) is 19.4 Å². The average molecular weight is 376 g/mol. The highest BCUT2D eigenvalue weighted by Gasteiger charge is 2.51. The van der Waals surface area contributed by atoms with Gasteiger partial charge in [-0.3, -0.25) is 4.79 Å². The third-order valence-electron chi connectivity index (χ3n) is 6.36. The van der Waals surface area contributed by atoms with E-state index in [0.29, 0.717) is 24.9 Å². The van der Waals surface area contributed by atoms with Crippen LogP contribution in [0.1, 0.15) is 24.0 Å². The van der Waals surface area contributed by atoms with Gasteiger partial charge in [0.2, 0.25) is 17.7 Å². The van der Waals surface area contributed by atoms with Crippen molar-refractivity contribution in [3.63, 3.8) is 0 Å². The van der Waals surface area contributed by atoms with Crippen LogP contribution < -0.4 is 9.64 Å². The number of rotatable bonds is 4. The summed E-state index contributed by atoms with van der Waals surface area (Å²) in [5.74, 6) is 1.48. The second-order valence-electron chi connectivity index (χ2n) is 7.92. The van der Waals surface area contributed by atoms with Gasteiger partial charge in [0.05, 0.1) is 12.5 Å². The summed E-state index contributed by atoms with van der Waals surface area (Å²) in [4.78, 5) is 26.3. The lowest BCUT2D eigenvalue weighted by Gasteiger charge is -2.24. The highest BCUT2D eigenvalue weighted by Crippen LogP contribution is 2.42. The third-order valence-corrected chi connectivity index (χ3v) is 6.36. The van der Waals surface area contributed by atoms with Crippen LogP contribution in [-0.4, -0.2) is 54.1 Å². The summed E-state index contributed by atoms with van der Waals surface area (Å²) in [5.41, 5.74) is 3.65. The predicted octanol–water partition coefficient (Wildman–Crippen LogP) is 2.55. The number of allylic oxidation sites excluding steroid dienone is 1. The number of carbonyl (C=O) groups is 1. The van der Waals surface area contributed by atoms with Crippen molar-refractivity contribution in [2.75, 3.05) is 38.2 Å². The van der Waals surface area contributed by atoms with Gasteiger partial charge in [0.15, 0.2) is 0 Å². The second kappa shape index (κ2) is 6.62. The van der Waals surface area contributed by atoms with Gasteiger partial charge in [0, 0.05) is 38.4 Å².